The molecule has 0 fully saturated rings. The average Bonchev–Trinajstić information content (AvgIpc) is 2.26. The van der Waals surface area contributed by atoms with E-state index in [1.54, 1.807) is 6.07 Å². The lowest BCUT2D eigenvalue weighted by Crippen LogP contribution is -2.20. The van der Waals surface area contributed by atoms with E-state index in [1.807, 2.05) is 0 Å². The van der Waals surface area contributed by atoms with E-state index in [9.17, 15) is 5.11 Å². The molecule has 1 aromatic rings. The fourth-order valence-electron chi connectivity index (χ4n) is 1.32. The standard InChI is InChI=1S/C10H16N2O3/c1-14-9-4-6(7(12)5-11)3-8(13)10(9)15-2/h3-4,7,13H,5,11-12H2,1-2H3/t7-/m1/s1. The fourth-order valence-corrected chi connectivity index (χ4v) is 1.32. The molecule has 15 heavy (non-hydrogen) atoms. The lowest BCUT2D eigenvalue weighted by atomic mass is 10.1. The lowest BCUT2D eigenvalue weighted by molar-refractivity contribution is 0.332. The number of phenols is 1. The molecule has 1 atom stereocenters. The summed E-state index contributed by atoms with van der Waals surface area (Å²) in [4.78, 5) is 0. The van der Waals surface area contributed by atoms with Gasteiger partial charge in [0, 0.05) is 12.6 Å². The Morgan fingerprint density at radius 3 is 2.47 bits per heavy atom. The second-order valence-electron chi connectivity index (χ2n) is 3.12. The number of aromatic hydroxyl groups is 1. The number of rotatable bonds is 4. The van der Waals surface area contributed by atoms with Gasteiger partial charge in [-0.15, -0.1) is 0 Å². The Labute approximate surface area is 88.6 Å². The summed E-state index contributed by atoms with van der Waals surface area (Å²) in [6.07, 6.45) is 0. The van der Waals surface area contributed by atoms with Crippen molar-refractivity contribution in [2.75, 3.05) is 20.8 Å². The van der Waals surface area contributed by atoms with E-state index in [2.05, 4.69) is 0 Å². The number of ether oxygens (including phenoxy) is 2. The molecular weight excluding hydrogens is 196 g/mol. The third-order valence-electron chi connectivity index (χ3n) is 2.16. The van der Waals surface area contributed by atoms with Crippen molar-refractivity contribution in [3.63, 3.8) is 0 Å². The molecule has 5 nitrogen and oxygen atoms in total. The molecule has 0 aliphatic carbocycles. The molecule has 0 aliphatic rings. The molecule has 0 aromatic heterocycles. The van der Waals surface area contributed by atoms with Gasteiger partial charge in [-0.05, 0) is 17.7 Å². The number of benzene rings is 1. The van der Waals surface area contributed by atoms with E-state index in [0.717, 1.165) is 0 Å². The van der Waals surface area contributed by atoms with Crippen LogP contribution in [0.5, 0.6) is 17.2 Å². The van der Waals surface area contributed by atoms with Crippen LogP contribution in [0.1, 0.15) is 11.6 Å². The van der Waals surface area contributed by atoms with Crippen LogP contribution in [-0.2, 0) is 0 Å². The number of hydrogen-bond donors (Lipinski definition) is 3. The highest BCUT2D eigenvalue weighted by molar-refractivity contribution is 5.53. The molecule has 1 rings (SSSR count). The van der Waals surface area contributed by atoms with E-state index in [1.165, 1.54) is 20.3 Å². The van der Waals surface area contributed by atoms with Gasteiger partial charge in [0.15, 0.2) is 11.5 Å². The van der Waals surface area contributed by atoms with Crippen molar-refractivity contribution in [3.05, 3.63) is 17.7 Å². The zero-order valence-corrected chi connectivity index (χ0v) is 8.86. The van der Waals surface area contributed by atoms with Crippen LogP contribution in [0.3, 0.4) is 0 Å². The third-order valence-corrected chi connectivity index (χ3v) is 2.16. The summed E-state index contributed by atoms with van der Waals surface area (Å²) < 4.78 is 10.1. The minimum atomic E-state index is -0.323. The maximum absolute atomic E-state index is 9.65. The number of phenolic OH excluding ortho intramolecular Hbond substituents is 1. The Balaban J connectivity index is 3.19. The number of nitrogens with two attached hydrogens (primary N) is 2. The van der Waals surface area contributed by atoms with Crippen molar-refractivity contribution in [1.29, 1.82) is 0 Å². The molecule has 5 heteroatoms. The van der Waals surface area contributed by atoms with Crippen molar-refractivity contribution in [2.45, 2.75) is 6.04 Å². The van der Waals surface area contributed by atoms with Crippen LogP contribution in [-0.4, -0.2) is 25.9 Å². The monoisotopic (exact) mass is 212 g/mol. The summed E-state index contributed by atoms with van der Waals surface area (Å²) in [5.41, 5.74) is 11.9. The molecule has 84 valence electrons. The third kappa shape index (κ3) is 2.31. The van der Waals surface area contributed by atoms with Gasteiger partial charge in [-0.3, -0.25) is 0 Å². The predicted molar refractivity (Wildman–Crippen MR) is 57.2 cm³/mol. The quantitative estimate of drug-likeness (QED) is 0.670. The lowest BCUT2D eigenvalue weighted by Gasteiger charge is -2.14. The van der Waals surface area contributed by atoms with Crippen LogP contribution >= 0.6 is 0 Å². The first-order chi connectivity index (χ1) is 7.13. The minimum absolute atomic E-state index is 0.00394. The molecular formula is C10H16N2O3. The summed E-state index contributed by atoms with van der Waals surface area (Å²) in [6.45, 7) is 0.301. The molecule has 0 heterocycles. The molecule has 1 aromatic carbocycles. The Bertz CT molecular complexity index is 342. The topological polar surface area (TPSA) is 90.7 Å². The second-order valence-corrected chi connectivity index (χ2v) is 3.12. The van der Waals surface area contributed by atoms with E-state index in [-0.39, 0.29) is 11.8 Å². The van der Waals surface area contributed by atoms with Gasteiger partial charge in [0.1, 0.15) is 0 Å². The van der Waals surface area contributed by atoms with Crippen molar-refractivity contribution < 1.29 is 14.6 Å². The molecule has 0 amide bonds. The first-order valence-electron chi connectivity index (χ1n) is 4.54. The van der Waals surface area contributed by atoms with E-state index >= 15 is 0 Å². The van der Waals surface area contributed by atoms with Crippen LogP contribution in [0.15, 0.2) is 12.1 Å². The molecule has 0 spiro atoms. The SMILES string of the molecule is COc1cc([C@H](N)CN)cc(O)c1OC. The summed E-state index contributed by atoms with van der Waals surface area (Å²) >= 11 is 0. The molecule has 0 saturated carbocycles. The molecule has 0 aliphatic heterocycles. The summed E-state index contributed by atoms with van der Waals surface area (Å²) in [5, 5.41) is 9.65. The largest absolute Gasteiger partial charge is 0.504 e. The first-order valence-corrected chi connectivity index (χ1v) is 4.54. The zero-order valence-electron chi connectivity index (χ0n) is 8.86. The van der Waals surface area contributed by atoms with E-state index in [0.29, 0.717) is 23.6 Å². The van der Waals surface area contributed by atoms with Crippen molar-refractivity contribution in [1.82, 2.24) is 0 Å². The summed E-state index contributed by atoms with van der Waals surface area (Å²) in [6, 6.07) is 2.91. The van der Waals surface area contributed by atoms with Crippen molar-refractivity contribution in [2.24, 2.45) is 11.5 Å². The minimum Gasteiger partial charge on any atom is -0.504 e. The maximum atomic E-state index is 9.65. The molecule has 0 saturated heterocycles. The van der Waals surface area contributed by atoms with E-state index < -0.39 is 0 Å². The molecule has 0 radical (unpaired) electrons. The highest BCUT2D eigenvalue weighted by Crippen LogP contribution is 2.38. The van der Waals surface area contributed by atoms with E-state index in [4.69, 9.17) is 20.9 Å². The Kier molecular flexibility index (Phi) is 3.76. The first kappa shape index (κ1) is 11.6. The van der Waals surface area contributed by atoms with Crippen LogP contribution in [0.25, 0.3) is 0 Å². The molecule has 5 N–H and O–H groups in total. The van der Waals surface area contributed by atoms with Gasteiger partial charge in [-0.25, -0.2) is 0 Å². The summed E-state index contributed by atoms with van der Waals surface area (Å²) in [7, 11) is 2.95. The number of hydrogen-bond acceptors (Lipinski definition) is 5. The van der Waals surface area contributed by atoms with Gasteiger partial charge in [0.2, 0.25) is 5.75 Å². The Hall–Kier alpha value is -1.46. The summed E-state index contributed by atoms with van der Waals surface area (Å²) in [5.74, 6) is 0.734. The normalized spacial score (nSPS) is 12.3. The van der Waals surface area contributed by atoms with Crippen molar-refractivity contribution in [3.8, 4) is 17.2 Å². The van der Waals surface area contributed by atoms with Gasteiger partial charge < -0.3 is 26.0 Å². The smallest absolute Gasteiger partial charge is 0.203 e. The van der Waals surface area contributed by atoms with Crippen molar-refractivity contribution >= 4 is 0 Å². The molecule has 0 bridgehead atoms. The highest BCUT2D eigenvalue weighted by Gasteiger charge is 2.14. The van der Waals surface area contributed by atoms with Gasteiger partial charge >= 0.3 is 0 Å². The second kappa shape index (κ2) is 4.86. The van der Waals surface area contributed by atoms with Gasteiger partial charge in [-0.2, -0.15) is 0 Å². The van der Waals surface area contributed by atoms with Gasteiger partial charge in [0.25, 0.3) is 0 Å². The van der Waals surface area contributed by atoms with Crippen LogP contribution in [0.2, 0.25) is 0 Å². The Morgan fingerprint density at radius 1 is 1.33 bits per heavy atom. The fraction of sp³-hybridized carbons (Fsp3) is 0.400. The highest BCUT2D eigenvalue weighted by atomic mass is 16.5. The maximum Gasteiger partial charge on any atom is 0.203 e. The van der Waals surface area contributed by atoms with Crippen LogP contribution in [0, 0.1) is 0 Å². The van der Waals surface area contributed by atoms with Gasteiger partial charge in [-0.1, -0.05) is 0 Å². The molecule has 0 unspecified atom stereocenters. The van der Waals surface area contributed by atoms with Crippen LogP contribution in [0.4, 0.5) is 0 Å². The number of methoxy groups -OCH3 is 2. The van der Waals surface area contributed by atoms with Crippen LogP contribution < -0.4 is 20.9 Å². The average molecular weight is 212 g/mol. The van der Waals surface area contributed by atoms with Gasteiger partial charge in [0.05, 0.1) is 14.2 Å². The predicted octanol–water partition coefficient (Wildman–Crippen LogP) is 0.368. The zero-order chi connectivity index (χ0) is 11.4. The Morgan fingerprint density at radius 2 is 2.00 bits per heavy atom.